The molecule has 0 bridgehead atoms. The van der Waals surface area contributed by atoms with Gasteiger partial charge in [-0.15, -0.1) is 0 Å². The van der Waals surface area contributed by atoms with Crippen LogP contribution in [0.5, 0.6) is 17.4 Å². The molecule has 1 amide bonds. The first kappa shape index (κ1) is 33.6. The van der Waals surface area contributed by atoms with Crippen LogP contribution in [0.3, 0.4) is 0 Å². The highest BCUT2D eigenvalue weighted by molar-refractivity contribution is 7.88. The Morgan fingerprint density at radius 2 is 1.93 bits per heavy atom. The Hall–Kier alpha value is -2.89. The molecule has 0 saturated carbocycles. The predicted molar refractivity (Wildman–Crippen MR) is 145 cm³/mol. The minimum atomic E-state index is -4.62. The van der Waals surface area contributed by atoms with Crippen LogP contribution in [0, 0.1) is 0 Å². The molecule has 17 heteroatoms. The van der Waals surface area contributed by atoms with E-state index >= 15 is 0 Å². The summed E-state index contributed by atoms with van der Waals surface area (Å²) in [5.41, 5.74) is -0.449. The number of carbonyl (C=O) groups is 1. The van der Waals surface area contributed by atoms with E-state index in [-0.39, 0.29) is 49.3 Å². The minimum absolute atomic E-state index is 0.106. The van der Waals surface area contributed by atoms with E-state index in [0.717, 1.165) is 0 Å². The number of aromatic nitrogens is 1. The number of amides is 1. The minimum Gasteiger partial charge on any atom is -0.491 e. The second kappa shape index (κ2) is 16.1. The zero-order chi connectivity index (χ0) is 30.6. The van der Waals surface area contributed by atoms with Crippen molar-refractivity contribution in [3.8, 4) is 17.4 Å². The summed E-state index contributed by atoms with van der Waals surface area (Å²) in [6.07, 6.45) is -4.62. The zero-order valence-corrected chi connectivity index (χ0v) is 24.3. The van der Waals surface area contributed by atoms with Crippen LogP contribution in [0.4, 0.5) is 18.0 Å². The molecule has 0 aliphatic carbocycles. The van der Waals surface area contributed by atoms with Gasteiger partial charge in [-0.2, -0.15) is 26.3 Å². The summed E-state index contributed by atoms with van der Waals surface area (Å²) >= 11 is 6.00. The Morgan fingerprint density at radius 3 is 2.62 bits per heavy atom. The topological polar surface area (TPSA) is 138 Å². The number of aryl methyl sites for hydroxylation is 1. The highest BCUT2D eigenvalue weighted by Gasteiger charge is 2.32. The van der Waals surface area contributed by atoms with Crippen molar-refractivity contribution in [3.63, 3.8) is 0 Å². The Balaban J connectivity index is 1.54. The third-order valence-electron chi connectivity index (χ3n) is 5.80. The molecule has 234 valence electrons. The number of hydrogen-bond acceptors (Lipinski definition) is 10. The molecule has 1 fully saturated rings. The third-order valence-corrected chi connectivity index (χ3v) is 7.09. The SMILES string of the molecule is COCCOc1ccc(CCCOC(=O)NS(=O)(=O)NCCN2CCOCC2)c(Oc2ncc(C(F)(F)F)cc2Cl)c1. The number of halogens is 4. The number of ether oxygens (including phenoxy) is 5. The van der Waals surface area contributed by atoms with Crippen LogP contribution < -0.4 is 18.9 Å². The predicted octanol–water partition coefficient (Wildman–Crippen LogP) is 3.40. The van der Waals surface area contributed by atoms with Crippen LogP contribution in [-0.4, -0.2) is 90.7 Å². The molecule has 2 heterocycles. The van der Waals surface area contributed by atoms with Gasteiger partial charge in [0.25, 0.3) is 0 Å². The Labute approximate surface area is 246 Å². The van der Waals surface area contributed by atoms with E-state index in [2.05, 4.69) is 9.71 Å². The molecule has 0 radical (unpaired) electrons. The Bertz CT molecular complexity index is 1280. The van der Waals surface area contributed by atoms with E-state index in [0.29, 0.717) is 63.0 Å². The molecule has 12 nitrogen and oxygen atoms in total. The largest absolute Gasteiger partial charge is 0.491 e. The number of nitrogens with one attached hydrogen (secondary N) is 2. The molecule has 2 N–H and O–H groups in total. The van der Waals surface area contributed by atoms with Gasteiger partial charge in [-0.3, -0.25) is 4.90 Å². The lowest BCUT2D eigenvalue weighted by Gasteiger charge is -2.26. The zero-order valence-electron chi connectivity index (χ0n) is 22.7. The van der Waals surface area contributed by atoms with Crippen LogP contribution in [0.25, 0.3) is 0 Å². The highest BCUT2D eigenvalue weighted by atomic mass is 35.5. The van der Waals surface area contributed by atoms with E-state index in [1.165, 1.54) is 13.2 Å². The molecular weight excluding hydrogens is 609 g/mol. The summed E-state index contributed by atoms with van der Waals surface area (Å²) in [5.74, 6) is 0.355. The van der Waals surface area contributed by atoms with Crippen molar-refractivity contribution < 1.29 is 50.1 Å². The van der Waals surface area contributed by atoms with Crippen molar-refractivity contribution in [2.24, 2.45) is 0 Å². The number of morpholine rings is 1. The number of nitrogens with zero attached hydrogens (tertiary/aromatic N) is 2. The summed E-state index contributed by atoms with van der Waals surface area (Å²) in [6.45, 7) is 3.55. The quantitative estimate of drug-likeness (QED) is 0.279. The standard InChI is InChI=1S/C25H32ClF3N4O8S/c1-37-13-14-39-20-5-4-18(22(16-20)41-23-21(26)15-19(17-30-23)25(27,28)29)3-2-10-40-24(34)32-42(35,36)31-6-7-33-8-11-38-12-9-33/h4-5,15-17,31H,2-3,6-14H2,1H3,(H,32,34). The maximum absolute atomic E-state index is 13.0. The summed E-state index contributed by atoms with van der Waals surface area (Å²) in [7, 11) is -2.59. The van der Waals surface area contributed by atoms with E-state index in [1.54, 1.807) is 16.9 Å². The molecule has 1 aliphatic heterocycles. The maximum atomic E-state index is 13.0. The number of alkyl halides is 3. The van der Waals surface area contributed by atoms with Crippen molar-refractivity contribution >= 4 is 27.9 Å². The lowest BCUT2D eigenvalue weighted by atomic mass is 10.1. The molecule has 2 aromatic rings. The lowest BCUT2D eigenvalue weighted by Crippen LogP contribution is -2.45. The van der Waals surface area contributed by atoms with Gasteiger partial charge in [0, 0.05) is 45.6 Å². The average molecular weight is 641 g/mol. The van der Waals surface area contributed by atoms with Crippen molar-refractivity contribution in [1.82, 2.24) is 19.3 Å². The first-order valence-electron chi connectivity index (χ1n) is 12.9. The highest BCUT2D eigenvalue weighted by Crippen LogP contribution is 2.36. The molecule has 0 atom stereocenters. The number of pyridine rings is 1. The molecule has 3 rings (SSSR count). The molecule has 1 saturated heterocycles. The summed E-state index contributed by atoms with van der Waals surface area (Å²) in [4.78, 5) is 17.7. The normalized spacial score (nSPS) is 14.4. The first-order valence-corrected chi connectivity index (χ1v) is 14.7. The van der Waals surface area contributed by atoms with E-state index in [4.69, 9.17) is 35.3 Å². The van der Waals surface area contributed by atoms with Crippen LogP contribution in [0.2, 0.25) is 5.02 Å². The van der Waals surface area contributed by atoms with Gasteiger partial charge in [0.15, 0.2) is 0 Å². The van der Waals surface area contributed by atoms with Crippen LogP contribution in [0.1, 0.15) is 17.5 Å². The van der Waals surface area contributed by atoms with Gasteiger partial charge in [0.2, 0.25) is 5.88 Å². The van der Waals surface area contributed by atoms with Crippen molar-refractivity contribution in [2.75, 3.05) is 66.3 Å². The third kappa shape index (κ3) is 11.4. The van der Waals surface area contributed by atoms with Gasteiger partial charge >= 0.3 is 22.5 Å². The number of benzene rings is 1. The molecular formula is C25H32ClF3N4O8S. The fourth-order valence-corrected chi connectivity index (χ4v) is 4.61. The Kier molecular flexibility index (Phi) is 12.9. The van der Waals surface area contributed by atoms with Crippen LogP contribution in [-0.2, 0) is 37.0 Å². The van der Waals surface area contributed by atoms with E-state index in [9.17, 15) is 26.4 Å². The monoisotopic (exact) mass is 640 g/mol. The summed E-state index contributed by atoms with van der Waals surface area (Å²) in [5, 5.41) is -0.346. The van der Waals surface area contributed by atoms with E-state index in [1.807, 2.05) is 4.90 Å². The number of methoxy groups -OCH3 is 1. The molecule has 0 spiro atoms. The van der Waals surface area contributed by atoms with Gasteiger partial charge in [0.05, 0.1) is 32.0 Å². The van der Waals surface area contributed by atoms with Crippen molar-refractivity contribution in [3.05, 3.63) is 46.6 Å². The number of hydrogen-bond donors (Lipinski definition) is 2. The Morgan fingerprint density at radius 1 is 1.17 bits per heavy atom. The van der Waals surface area contributed by atoms with Gasteiger partial charge in [0.1, 0.15) is 23.1 Å². The second-order valence-corrected chi connectivity index (χ2v) is 10.8. The summed E-state index contributed by atoms with van der Waals surface area (Å²) < 4.78 is 93.8. The molecule has 1 aromatic carbocycles. The first-order chi connectivity index (χ1) is 20.0. The van der Waals surface area contributed by atoms with Gasteiger partial charge in [-0.05, 0) is 30.5 Å². The summed E-state index contributed by atoms with van der Waals surface area (Å²) in [6, 6.07) is 5.55. The van der Waals surface area contributed by atoms with Crippen molar-refractivity contribution in [1.29, 1.82) is 0 Å². The smallest absolute Gasteiger partial charge is 0.421 e. The molecule has 0 unspecified atom stereocenters. The van der Waals surface area contributed by atoms with Crippen LogP contribution >= 0.6 is 11.6 Å². The lowest BCUT2D eigenvalue weighted by molar-refractivity contribution is -0.137. The average Bonchev–Trinajstić information content (AvgIpc) is 2.93. The second-order valence-electron chi connectivity index (χ2n) is 8.91. The van der Waals surface area contributed by atoms with Gasteiger partial charge in [-0.25, -0.2) is 14.5 Å². The van der Waals surface area contributed by atoms with Gasteiger partial charge in [-0.1, -0.05) is 17.7 Å². The van der Waals surface area contributed by atoms with E-state index < -0.39 is 28.0 Å². The van der Waals surface area contributed by atoms with Crippen molar-refractivity contribution in [2.45, 2.75) is 19.0 Å². The number of carbonyl (C=O) groups excluding carboxylic acids is 1. The maximum Gasteiger partial charge on any atom is 0.421 e. The van der Waals surface area contributed by atoms with Gasteiger partial charge < -0.3 is 23.7 Å². The number of rotatable bonds is 15. The van der Waals surface area contributed by atoms with Crippen LogP contribution in [0.15, 0.2) is 30.5 Å². The molecule has 1 aliphatic rings. The molecule has 1 aromatic heterocycles. The fraction of sp³-hybridized carbons (Fsp3) is 0.520. The fourth-order valence-electron chi connectivity index (χ4n) is 3.69. The molecule has 42 heavy (non-hydrogen) atoms.